The predicted molar refractivity (Wildman–Crippen MR) is 154 cm³/mol. The molecule has 11 heteroatoms. The highest BCUT2D eigenvalue weighted by Gasteiger charge is 2.27. The molecule has 2 aromatic carbocycles. The van der Waals surface area contributed by atoms with Gasteiger partial charge in [0.1, 0.15) is 17.2 Å². The van der Waals surface area contributed by atoms with E-state index in [2.05, 4.69) is 27.6 Å². The number of carbonyl (C=O) groups excluding carboxylic acids is 2. The third kappa shape index (κ3) is 5.79. The van der Waals surface area contributed by atoms with Crippen LogP contribution in [0.3, 0.4) is 0 Å². The van der Waals surface area contributed by atoms with Crippen LogP contribution in [0.25, 0.3) is 0 Å². The second-order valence-corrected chi connectivity index (χ2v) is 10.1. The Morgan fingerprint density at radius 3 is 2.58 bits per heavy atom. The maximum Gasteiger partial charge on any atom is 0.251 e. The highest BCUT2D eigenvalue weighted by atomic mass is 16.5. The lowest BCUT2D eigenvalue weighted by Crippen LogP contribution is -2.46. The summed E-state index contributed by atoms with van der Waals surface area (Å²) in [6, 6.07) is 13.0. The van der Waals surface area contributed by atoms with E-state index >= 15 is 0 Å². The van der Waals surface area contributed by atoms with Gasteiger partial charge in [-0.25, -0.2) is 4.98 Å². The van der Waals surface area contributed by atoms with Crippen molar-refractivity contribution in [3.63, 3.8) is 0 Å². The molecule has 5 rings (SSSR count). The zero-order chi connectivity index (χ0) is 28.2. The second kappa shape index (κ2) is 11.8. The molecule has 1 aromatic heterocycles. The summed E-state index contributed by atoms with van der Waals surface area (Å²) in [4.78, 5) is 40.7. The van der Waals surface area contributed by atoms with Gasteiger partial charge in [-0.3, -0.25) is 9.59 Å². The zero-order valence-electron chi connectivity index (χ0n) is 23.3. The van der Waals surface area contributed by atoms with Crippen molar-refractivity contribution in [3.05, 3.63) is 54.2 Å². The number of nitrogens with one attached hydrogen (secondary N) is 2. The minimum atomic E-state index is -0.130. The van der Waals surface area contributed by atoms with Crippen LogP contribution in [0.5, 0.6) is 11.5 Å². The van der Waals surface area contributed by atoms with Crippen molar-refractivity contribution in [2.45, 2.75) is 25.3 Å². The number of hydrogen-bond donors (Lipinski definition) is 2. The van der Waals surface area contributed by atoms with Gasteiger partial charge in [-0.2, -0.15) is 4.98 Å². The maximum absolute atomic E-state index is 12.9. The van der Waals surface area contributed by atoms with Crippen LogP contribution in [0.2, 0.25) is 0 Å². The fourth-order valence-electron chi connectivity index (χ4n) is 5.10. The molecular formula is C29H35N7O4. The molecular weight excluding hydrogens is 510 g/mol. The van der Waals surface area contributed by atoms with Gasteiger partial charge in [0.15, 0.2) is 5.82 Å². The van der Waals surface area contributed by atoms with E-state index in [9.17, 15) is 9.59 Å². The van der Waals surface area contributed by atoms with Crippen molar-refractivity contribution in [3.8, 4) is 11.5 Å². The van der Waals surface area contributed by atoms with Crippen molar-refractivity contribution >= 4 is 40.6 Å². The van der Waals surface area contributed by atoms with Crippen LogP contribution < -0.4 is 29.9 Å². The fraction of sp³-hybridized carbons (Fsp3) is 0.379. The predicted octanol–water partition coefficient (Wildman–Crippen LogP) is 3.57. The van der Waals surface area contributed by atoms with Gasteiger partial charge < -0.3 is 34.8 Å². The monoisotopic (exact) mass is 545 g/mol. The summed E-state index contributed by atoms with van der Waals surface area (Å²) in [5.74, 6) is 2.02. The van der Waals surface area contributed by atoms with Gasteiger partial charge in [-0.05, 0) is 68.9 Å². The molecule has 2 N–H and O–H groups in total. The molecule has 0 aliphatic carbocycles. The van der Waals surface area contributed by atoms with Crippen molar-refractivity contribution < 1.29 is 19.1 Å². The van der Waals surface area contributed by atoms with Crippen molar-refractivity contribution in [2.75, 3.05) is 63.1 Å². The van der Waals surface area contributed by atoms with Crippen LogP contribution in [-0.2, 0) is 4.79 Å². The Labute approximate surface area is 234 Å². The summed E-state index contributed by atoms with van der Waals surface area (Å²) in [6.07, 6.45) is 4.00. The molecule has 40 heavy (non-hydrogen) atoms. The van der Waals surface area contributed by atoms with Crippen molar-refractivity contribution in [2.24, 2.45) is 0 Å². The van der Waals surface area contributed by atoms with Crippen molar-refractivity contribution in [1.82, 2.24) is 20.2 Å². The number of nitrogens with zero attached hydrogens (tertiary/aromatic N) is 5. The SMILES string of the molecule is COc1ccc(N2CCC(=O)N(C)c3cnc(Nc4ccc(C(=O)NC5CCCN(C)C5)cc4OC)nc32)cc1. The number of benzene rings is 2. The molecule has 210 valence electrons. The van der Waals surface area contributed by atoms with Crippen LogP contribution in [0, 0.1) is 0 Å². The molecule has 3 aromatic rings. The second-order valence-electron chi connectivity index (χ2n) is 10.1. The molecule has 1 unspecified atom stereocenters. The van der Waals surface area contributed by atoms with E-state index in [4.69, 9.17) is 14.5 Å². The number of ether oxygens (including phenoxy) is 2. The Kier molecular flexibility index (Phi) is 8.01. The normalized spacial score (nSPS) is 17.6. The number of amides is 2. The number of methoxy groups -OCH3 is 2. The van der Waals surface area contributed by atoms with E-state index in [0.29, 0.717) is 47.4 Å². The standard InChI is InChI=1S/C29H35N7O4/c1-34-14-5-6-20(18-34)31-28(38)19-7-12-23(25(16-19)40-4)32-29-30-17-24-27(33-29)36(15-13-26(37)35(24)2)21-8-10-22(39-3)11-9-21/h7-12,16-17,20H,5-6,13-15,18H2,1-4H3,(H,31,38)(H,30,32,33). The highest BCUT2D eigenvalue weighted by molar-refractivity contribution is 5.98. The van der Waals surface area contributed by atoms with E-state index in [1.807, 2.05) is 29.2 Å². The lowest BCUT2D eigenvalue weighted by Gasteiger charge is -2.30. The lowest BCUT2D eigenvalue weighted by atomic mass is 10.1. The quantitative estimate of drug-likeness (QED) is 0.460. The molecule has 1 fully saturated rings. The summed E-state index contributed by atoms with van der Waals surface area (Å²) >= 11 is 0. The smallest absolute Gasteiger partial charge is 0.251 e. The maximum atomic E-state index is 12.9. The van der Waals surface area contributed by atoms with Crippen LogP contribution in [0.4, 0.5) is 28.8 Å². The molecule has 0 saturated carbocycles. The largest absolute Gasteiger partial charge is 0.497 e. The van der Waals surface area contributed by atoms with Gasteiger partial charge in [0.25, 0.3) is 5.91 Å². The van der Waals surface area contributed by atoms with E-state index < -0.39 is 0 Å². The molecule has 1 atom stereocenters. The van der Waals surface area contributed by atoms with Gasteiger partial charge in [0.2, 0.25) is 11.9 Å². The number of hydrogen-bond acceptors (Lipinski definition) is 9. The zero-order valence-corrected chi connectivity index (χ0v) is 23.3. The van der Waals surface area contributed by atoms with Crippen LogP contribution in [0.15, 0.2) is 48.7 Å². The Bertz CT molecular complexity index is 1380. The molecule has 3 heterocycles. The molecule has 2 aliphatic rings. The summed E-state index contributed by atoms with van der Waals surface area (Å²) < 4.78 is 10.9. The molecule has 2 amide bonds. The summed E-state index contributed by atoms with van der Waals surface area (Å²) in [5.41, 5.74) is 2.62. The van der Waals surface area contributed by atoms with Gasteiger partial charge in [0.05, 0.1) is 26.1 Å². The third-order valence-electron chi connectivity index (χ3n) is 7.34. The molecule has 0 bridgehead atoms. The van der Waals surface area contributed by atoms with Gasteiger partial charge in [-0.15, -0.1) is 0 Å². The summed E-state index contributed by atoms with van der Waals surface area (Å²) in [7, 11) is 6.98. The first-order valence-corrected chi connectivity index (χ1v) is 13.4. The topological polar surface area (TPSA) is 112 Å². The fourth-order valence-corrected chi connectivity index (χ4v) is 5.10. The minimum absolute atomic E-state index is 0.0167. The van der Waals surface area contributed by atoms with E-state index in [-0.39, 0.29) is 17.9 Å². The number of fused-ring (bicyclic) bond motifs is 1. The number of anilines is 5. The Morgan fingerprint density at radius 2 is 1.85 bits per heavy atom. The van der Waals surface area contributed by atoms with Crippen LogP contribution >= 0.6 is 0 Å². The Balaban J connectivity index is 1.40. The number of carbonyl (C=O) groups is 2. The molecule has 0 radical (unpaired) electrons. The number of rotatable bonds is 7. The first-order valence-electron chi connectivity index (χ1n) is 13.4. The van der Waals surface area contributed by atoms with E-state index in [1.165, 1.54) is 0 Å². The highest BCUT2D eigenvalue weighted by Crippen LogP contribution is 2.37. The average Bonchev–Trinajstić information content (AvgIpc) is 3.09. The first kappa shape index (κ1) is 27.2. The third-order valence-corrected chi connectivity index (χ3v) is 7.34. The minimum Gasteiger partial charge on any atom is -0.497 e. The molecule has 2 aliphatic heterocycles. The number of piperidine rings is 1. The number of aromatic nitrogens is 2. The van der Waals surface area contributed by atoms with Crippen molar-refractivity contribution in [1.29, 1.82) is 0 Å². The Morgan fingerprint density at radius 1 is 1.05 bits per heavy atom. The molecule has 1 saturated heterocycles. The number of likely N-dealkylation sites (tertiary alicyclic amines) is 1. The van der Waals surface area contributed by atoms with Gasteiger partial charge in [-0.1, -0.05) is 0 Å². The molecule has 0 spiro atoms. The van der Waals surface area contributed by atoms with E-state index in [1.54, 1.807) is 50.6 Å². The summed E-state index contributed by atoms with van der Waals surface area (Å²) in [6.45, 7) is 2.35. The average molecular weight is 546 g/mol. The van der Waals surface area contributed by atoms with E-state index in [0.717, 1.165) is 37.4 Å². The first-order chi connectivity index (χ1) is 19.4. The number of likely N-dealkylation sites (N-methyl/N-ethyl adjacent to an activating group) is 1. The summed E-state index contributed by atoms with van der Waals surface area (Å²) in [5, 5.41) is 6.36. The van der Waals surface area contributed by atoms with Gasteiger partial charge in [0, 0.05) is 43.9 Å². The van der Waals surface area contributed by atoms with Crippen LogP contribution in [0.1, 0.15) is 29.6 Å². The van der Waals surface area contributed by atoms with Gasteiger partial charge >= 0.3 is 0 Å². The Hall–Kier alpha value is -4.38. The van der Waals surface area contributed by atoms with Crippen LogP contribution in [-0.4, -0.2) is 80.7 Å². The molecule has 11 nitrogen and oxygen atoms in total. The lowest BCUT2D eigenvalue weighted by molar-refractivity contribution is -0.118.